The largest absolute Gasteiger partial charge is 0.497 e. The third kappa shape index (κ3) is 5.67. The molecule has 2 aromatic carbocycles. The number of aryl methyl sites for hydroxylation is 1. The lowest BCUT2D eigenvalue weighted by atomic mass is 10.1. The minimum Gasteiger partial charge on any atom is -0.497 e. The molecule has 0 saturated carbocycles. The Morgan fingerprint density at radius 3 is 2.68 bits per heavy atom. The van der Waals surface area contributed by atoms with E-state index in [1.54, 1.807) is 31.4 Å². The van der Waals surface area contributed by atoms with Crippen molar-refractivity contribution in [2.45, 2.75) is 44.9 Å². The van der Waals surface area contributed by atoms with E-state index >= 15 is 0 Å². The van der Waals surface area contributed by atoms with Crippen molar-refractivity contribution in [3.8, 4) is 11.5 Å². The molecule has 1 aliphatic rings. The Hall–Kier alpha value is -2.80. The number of carbonyl (C=O) groups excluding carboxylic acids is 1. The zero-order valence-corrected chi connectivity index (χ0v) is 19.3. The zero-order valence-electron chi connectivity index (χ0n) is 18.5. The maximum Gasteiger partial charge on any atom is 0.242 e. The standard InChI is InChI=1S/C24H29N3O3S/c1-5-6-11-22-23(28)27(16-19-10-8-7-9-17(19)2)24(31-22)26-25-15-18-12-13-20(29-3)14-21(18)30-4/h7-10,12-15,22H,5-6,11,16H2,1-4H3. The number of nitrogens with zero attached hydrogens (tertiary/aromatic N) is 3. The summed E-state index contributed by atoms with van der Waals surface area (Å²) in [4.78, 5) is 14.8. The van der Waals surface area contributed by atoms with Crippen molar-refractivity contribution in [1.82, 2.24) is 4.90 Å². The van der Waals surface area contributed by atoms with E-state index in [1.165, 1.54) is 11.8 Å². The normalized spacial score (nSPS) is 17.7. The van der Waals surface area contributed by atoms with E-state index in [4.69, 9.17) is 9.47 Å². The molecule has 1 atom stereocenters. The van der Waals surface area contributed by atoms with E-state index in [1.807, 2.05) is 24.3 Å². The summed E-state index contributed by atoms with van der Waals surface area (Å²) < 4.78 is 10.6. The summed E-state index contributed by atoms with van der Waals surface area (Å²) in [5, 5.41) is 9.23. The monoisotopic (exact) mass is 439 g/mol. The van der Waals surface area contributed by atoms with Gasteiger partial charge in [-0.05, 0) is 36.6 Å². The minimum absolute atomic E-state index is 0.103. The van der Waals surface area contributed by atoms with E-state index in [-0.39, 0.29) is 11.2 Å². The average molecular weight is 440 g/mol. The third-order valence-electron chi connectivity index (χ3n) is 5.21. The number of amidine groups is 1. The van der Waals surface area contributed by atoms with Crippen LogP contribution in [0.25, 0.3) is 0 Å². The Morgan fingerprint density at radius 1 is 1.16 bits per heavy atom. The molecule has 1 heterocycles. The Bertz CT molecular complexity index is 974. The van der Waals surface area contributed by atoms with Crippen molar-refractivity contribution in [2.75, 3.05) is 14.2 Å². The van der Waals surface area contributed by atoms with Gasteiger partial charge < -0.3 is 9.47 Å². The second kappa shape index (κ2) is 11.0. The fourth-order valence-corrected chi connectivity index (χ4v) is 4.47. The second-order valence-corrected chi connectivity index (χ2v) is 8.50. The number of thioether (sulfide) groups is 1. The Labute approximate surface area is 188 Å². The highest BCUT2D eigenvalue weighted by Gasteiger charge is 2.37. The first kappa shape index (κ1) is 22.9. The number of hydrogen-bond acceptors (Lipinski definition) is 6. The van der Waals surface area contributed by atoms with Crippen LogP contribution in [0, 0.1) is 6.92 Å². The van der Waals surface area contributed by atoms with Gasteiger partial charge in [0, 0.05) is 11.6 Å². The lowest BCUT2D eigenvalue weighted by Crippen LogP contribution is -2.31. The van der Waals surface area contributed by atoms with Gasteiger partial charge in [0.2, 0.25) is 5.91 Å². The summed E-state index contributed by atoms with van der Waals surface area (Å²) in [5.41, 5.74) is 3.05. The molecule has 1 unspecified atom stereocenters. The number of amides is 1. The van der Waals surface area contributed by atoms with Crippen LogP contribution in [0.4, 0.5) is 0 Å². The van der Waals surface area contributed by atoms with Crippen molar-refractivity contribution in [3.63, 3.8) is 0 Å². The number of benzene rings is 2. The number of hydrogen-bond donors (Lipinski definition) is 0. The molecule has 164 valence electrons. The molecule has 1 saturated heterocycles. The molecule has 1 fully saturated rings. The summed E-state index contributed by atoms with van der Waals surface area (Å²) in [6.07, 6.45) is 4.56. The van der Waals surface area contributed by atoms with E-state index in [2.05, 4.69) is 36.2 Å². The van der Waals surface area contributed by atoms with Crippen molar-refractivity contribution in [1.29, 1.82) is 0 Å². The van der Waals surface area contributed by atoms with Gasteiger partial charge in [0.05, 0.1) is 32.2 Å². The van der Waals surface area contributed by atoms with Gasteiger partial charge in [-0.2, -0.15) is 5.10 Å². The predicted molar refractivity (Wildman–Crippen MR) is 127 cm³/mol. The van der Waals surface area contributed by atoms with E-state index in [0.717, 1.165) is 36.0 Å². The summed E-state index contributed by atoms with van der Waals surface area (Å²) in [6, 6.07) is 13.6. The zero-order chi connectivity index (χ0) is 22.2. The maximum absolute atomic E-state index is 13.1. The lowest BCUT2D eigenvalue weighted by Gasteiger charge is -2.17. The molecule has 0 aliphatic carbocycles. The molecular formula is C24H29N3O3S. The minimum atomic E-state index is -0.103. The average Bonchev–Trinajstić information content (AvgIpc) is 3.08. The number of unbranched alkanes of at least 4 members (excludes halogenated alkanes) is 1. The maximum atomic E-state index is 13.1. The molecule has 0 aromatic heterocycles. The molecule has 3 rings (SSSR count). The summed E-state index contributed by atoms with van der Waals surface area (Å²) in [7, 11) is 3.21. The molecule has 0 spiro atoms. The SMILES string of the molecule is CCCCC1SC(=NN=Cc2ccc(OC)cc2OC)N(Cc2ccccc2C)C1=O. The molecule has 0 radical (unpaired) electrons. The number of methoxy groups -OCH3 is 2. The van der Waals surface area contributed by atoms with Crippen LogP contribution in [0.15, 0.2) is 52.7 Å². The molecule has 2 aromatic rings. The summed E-state index contributed by atoms with van der Waals surface area (Å²) in [5.74, 6) is 1.47. The van der Waals surface area contributed by atoms with Gasteiger partial charge in [-0.3, -0.25) is 9.69 Å². The fourth-order valence-electron chi connectivity index (χ4n) is 3.33. The highest BCUT2D eigenvalue weighted by atomic mass is 32.2. The molecule has 7 heteroatoms. The molecule has 0 N–H and O–H groups in total. The molecule has 1 amide bonds. The predicted octanol–water partition coefficient (Wildman–Crippen LogP) is 5.04. The van der Waals surface area contributed by atoms with Crippen LogP contribution in [-0.4, -0.2) is 41.7 Å². The smallest absolute Gasteiger partial charge is 0.242 e. The second-order valence-electron chi connectivity index (χ2n) is 7.33. The summed E-state index contributed by atoms with van der Waals surface area (Å²) >= 11 is 1.50. The Balaban J connectivity index is 1.84. The van der Waals surface area contributed by atoms with Crippen LogP contribution in [0.5, 0.6) is 11.5 Å². The van der Waals surface area contributed by atoms with Crippen molar-refractivity contribution in [3.05, 3.63) is 59.2 Å². The number of rotatable bonds is 9. The van der Waals surface area contributed by atoms with Crippen molar-refractivity contribution in [2.24, 2.45) is 10.2 Å². The van der Waals surface area contributed by atoms with Gasteiger partial charge in [0.15, 0.2) is 5.17 Å². The number of carbonyl (C=O) groups is 1. The van der Waals surface area contributed by atoms with E-state index in [0.29, 0.717) is 23.2 Å². The first-order valence-corrected chi connectivity index (χ1v) is 11.3. The van der Waals surface area contributed by atoms with Crippen LogP contribution in [0.1, 0.15) is 42.9 Å². The molecular weight excluding hydrogens is 410 g/mol. The third-order valence-corrected chi connectivity index (χ3v) is 6.45. The van der Waals surface area contributed by atoms with Gasteiger partial charge in [0.1, 0.15) is 11.5 Å². The van der Waals surface area contributed by atoms with Gasteiger partial charge >= 0.3 is 0 Å². The number of ether oxygens (including phenoxy) is 2. The fraction of sp³-hybridized carbons (Fsp3) is 0.375. The van der Waals surface area contributed by atoms with Gasteiger partial charge in [0.25, 0.3) is 0 Å². The van der Waals surface area contributed by atoms with Crippen LogP contribution in [-0.2, 0) is 11.3 Å². The molecule has 31 heavy (non-hydrogen) atoms. The van der Waals surface area contributed by atoms with Crippen LogP contribution >= 0.6 is 11.8 Å². The first-order valence-electron chi connectivity index (χ1n) is 10.4. The first-order chi connectivity index (χ1) is 15.1. The topological polar surface area (TPSA) is 63.5 Å². The molecule has 1 aliphatic heterocycles. The van der Waals surface area contributed by atoms with Crippen molar-refractivity contribution < 1.29 is 14.3 Å². The highest BCUT2D eigenvalue weighted by Crippen LogP contribution is 2.32. The lowest BCUT2D eigenvalue weighted by molar-refractivity contribution is -0.126. The summed E-state index contributed by atoms with van der Waals surface area (Å²) in [6.45, 7) is 4.70. The van der Waals surface area contributed by atoms with Crippen molar-refractivity contribution >= 4 is 29.1 Å². The van der Waals surface area contributed by atoms with Crippen LogP contribution in [0.3, 0.4) is 0 Å². The van der Waals surface area contributed by atoms with Gasteiger partial charge in [-0.15, -0.1) is 5.10 Å². The molecule has 6 nitrogen and oxygen atoms in total. The van der Waals surface area contributed by atoms with Crippen LogP contribution < -0.4 is 9.47 Å². The van der Waals surface area contributed by atoms with Crippen LogP contribution in [0.2, 0.25) is 0 Å². The van der Waals surface area contributed by atoms with Gasteiger partial charge in [-0.1, -0.05) is 55.8 Å². The van der Waals surface area contributed by atoms with Gasteiger partial charge in [-0.25, -0.2) is 0 Å². The Kier molecular flexibility index (Phi) is 8.12. The van der Waals surface area contributed by atoms with E-state index in [9.17, 15) is 4.79 Å². The molecule has 0 bridgehead atoms. The quantitative estimate of drug-likeness (QED) is 0.406. The van der Waals surface area contributed by atoms with E-state index < -0.39 is 0 Å². The Morgan fingerprint density at radius 2 is 1.97 bits per heavy atom. The highest BCUT2D eigenvalue weighted by molar-refractivity contribution is 8.15.